The van der Waals surface area contributed by atoms with Crippen molar-refractivity contribution in [2.24, 2.45) is 0 Å². The summed E-state index contributed by atoms with van der Waals surface area (Å²) in [6.45, 7) is 0. The van der Waals surface area contributed by atoms with E-state index in [0.717, 1.165) is 6.07 Å². The lowest BCUT2D eigenvalue weighted by Crippen LogP contribution is -2.24. The van der Waals surface area contributed by atoms with E-state index in [1.807, 2.05) is 0 Å². The van der Waals surface area contributed by atoms with Crippen LogP contribution in [0, 0.1) is 11.6 Å². The Labute approximate surface area is 155 Å². The van der Waals surface area contributed by atoms with Crippen LogP contribution in [0.1, 0.15) is 11.4 Å². The highest BCUT2D eigenvalue weighted by molar-refractivity contribution is 7.16. The average Bonchev–Trinajstić information content (AvgIpc) is 3.09. The lowest BCUT2D eigenvalue weighted by Gasteiger charge is -2.13. The van der Waals surface area contributed by atoms with Gasteiger partial charge in [-0.3, -0.25) is 9.36 Å². The molecule has 0 atom stereocenters. The molecule has 2 aromatic heterocycles. The van der Waals surface area contributed by atoms with Crippen molar-refractivity contribution < 1.29 is 8.78 Å². The third-order valence-electron chi connectivity index (χ3n) is 3.91. The lowest BCUT2D eigenvalue weighted by atomic mass is 10.1. The summed E-state index contributed by atoms with van der Waals surface area (Å²) in [5.74, 6) is -1.60. The van der Waals surface area contributed by atoms with Crippen molar-refractivity contribution in [2.75, 3.05) is 0 Å². The zero-order valence-electron chi connectivity index (χ0n) is 13.1. The summed E-state index contributed by atoms with van der Waals surface area (Å²) in [6, 6.07) is 10.5. The smallest absolute Gasteiger partial charge is 0.266 e. The van der Waals surface area contributed by atoms with Crippen LogP contribution in [0.5, 0.6) is 0 Å². The summed E-state index contributed by atoms with van der Waals surface area (Å²) < 4.78 is 29.0. The van der Waals surface area contributed by atoms with Crippen LogP contribution in [0.3, 0.4) is 0 Å². The highest BCUT2D eigenvalue weighted by Gasteiger charge is 2.17. The molecule has 4 nitrogen and oxygen atoms in total. The maximum Gasteiger partial charge on any atom is 0.285 e. The molecule has 2 aromatic carbocycles. The molecule has 0 amide bonds. The molecule has 4 rings (SSSR count). The van der Waals surface area contributed by atoms with Crippen LogP contribution in [0.4, 0.5) is 8.78 Å². The van der Waals surface area contributed by atoms with Gasteiger partial charge in [0.1, 0.15) is 5.82 Å². The quantitative estimate of drug-likeness (QED) is 0.523. The molecule has 0 saturated heterocycles. The fraction of sp³-hybridized carbons (Fsp3) is 0.0556. The SMILES string of the molecule is O=c1c2ncsc2nc(Cc2cccc(F)c2F)n1-c1ccc(Cl)cc1. The number of thiazole rings is 1. The first-order valence-corrected chi connectivity index (χ1v) is 8.84. The summed E-state index contributed by atoms with van der Waals surface area (Å²) in [6.07, 6.45) is -0.0463. The molecule has 2 heterocycles. The van der Waals surface area contributed by atoms with Gasteiger partial charge in [-0.05, 0) is 35.9 Å². The maximum atomic E-state index is 14.1. The molecule has 0 aliphatic carbocycles. The minimum Gasteiger partial charge on any atom is -0.266 e. The fourth-order valence-corrected chi connectivity index (χ4v) is 3.48. The molecule has 4 aromatic rings. The van der Waals surface area contributed by atoms with E-state index in [0.29, 0.717) is 21.4 Å². The monoisotopic (exact) mass is 389 g/mol. The number of hydrogen-bond donors (Lipinski definition) is 0. The largest absolute Gasteiger partial charge is 0.285 e. The van der Waals surface area contributed by atoms with Gasteiger partial charge in [-0.1, -0.05) is 23.7 Å². The molecule has 0 bridgehead atoms. The molecule has 0 N–H and O–H groups in total. The summed E-state index contributed by atoms with van der Waals surface area (Å²) in [7, 11) is 0. The first-order valence-electron chi connectivity index (χ1n) is 7.58. The van der Waals surface area contributed by atoms with Gasteiger partial charge in [0.2, 0.25) is 0 Å². The summed E-state index contributed by atoms with van der Waals surface area (Å²) in [4.78, 5) is 21.9. The van der Waals surface area contributed by atoms with Crippen molar-refractivity contribution >= 4 is 33.3 Å². The Kier molecular flexibility index (Phi) is 4.26. The van der Waals surface area contributed by atoms with Crippen molar-refractivity contribution in [3.63, 3.8) is 0 Å². The molecule has 0 aliphatic heterocycles. The third-order valence-corrected chi connectivity index (χ3v) is 4.88. The Morgan fingerprint density at radius 1 is 1.12 bits per heavy atom. The number of hydrogen-bond acceptors (Lipinski definition) is 4. The zero-order chi connectivity index (χ0) is 18.3. The number of fused-ring (bicyclic) bond motifs is 1. The van der Waals surface area contributed by atoms with Crippen LogP contribution in [0.2, 0.25) is 5.02 Å². The molecular weight excluding hydrogens is 380 g/mol. The van der Waals surface area contributed by atoms with Crippen LogP contribution in [0.15, 0.2) is 52.8 Å². The van der Waals surface area contributed by atoms with E-state index in [1.54, 1.807) is 24.3 Å². The normalized spacial score (nSPS) is 11.2. The second kappa shape index (κ2) is 6.59. The van der Waals surface area contributed by atoms with Crippen molar-refractivity contribution in [1.82, 2.24) is 14.5 Å². The van der Waals surface area contributed by atoms with Crippen molar-refractivity contribution in [3.05, 3.63) is 86.4 Å². The molecule has 0 aliphatic rings. The minimum atomic E-state index is -0.950. The van der Waals surface area contributed by atoms with Gasteiger partial charge in [-0.15, -0.1) is 11.3 Å². The van der Waals surface area contributed by atoms with E-state index in [9.17, 15) is 13.6 Å². The Bertz CT molecular complexity index is 1170. The Morgan fingerprint density at radius 3 is 2.65 bits per heavy atom. The van der Waals surface area contributed by atoms with Crippen LogP contribution in [0.25, 0.3) is 16.0 Å². The number of nitrogens with zero attached hydrogens (tertiary/aromatic N) is 3. The van der Waals surface area contributed by atoms with Crippen LogP contribution in [-0.4, -0.2) is 14.5 Å². The fourth-order valence-electron chi connectivity index (χ4n) is 2.69. The molecule has 26 heavy (non-hydrogen) atoms. The predicted molar refractivity (Wildman–Crippen MR) is 97.2 cm³/mol. The second-order valence-electron chi connectivity index (χ2n) is 5.54. The van der Waals surface area contributed by atoms with Crippen LogP contribution >= 0.6 is 22.9 Å². The topological polar surface area (TPSA) is 47.8 Å². The summed E-state index contributed by atoms with van der Waals surface area (Å²) in [5, 5.41) is 0.516. The van der Waals surface area contributed by atoms with E-state index < -0.39 is 11.6 Å². The number of halogens is 3. The Hall–Kier alpha value is -2.64. The van der Waals surface area contributed by atoms with E-state index in [2.05, 4.69) is 9.97 Å². The molecular formula is C18H10ClF2N3OS. The first-order chi connectivity index (χ1) is 12.5. The molecule has 130 valence electrons. The maximum absolute atomic E-state index is 14.1. The highest BCUT2D eigenvalue weighted by atomic mass is 35.5. The molecule has 0 unspecified atom stereocenters. The second-order valence-corrected chi connectivity index (χ2v) is 6.81. The van der Waals surface area contributed by atoms with E-state index in [1.165, 1.54) is 33.5 Å². The van der Waals surface area contributed by atoms with Gasteiger partial charge in [0.25, 0.3) is 5.56 Å². The van der Waals surface area contributed by atoms with Crippen molar-refractivity contribution in [3.8, 4) is 5.69 Å². The van der Waals surface area contributed by atoms with Gasteiger partial charge in [0.15, 0.2) is 22.0 Å². The highest BCUT2D eigenvalue weighted by Crippen LogP contribution is 2.21. The predicted octanol–water partition coefficient (Wildman–Crippen LogP) is 4.36. The third kappa shape index (κ3) is 2.89. The minimum absolute atomic E-state index is 0.0463. The van der Waals surface area contributed by atoms with E-state index in [4.69, 9.17) is 11.6 Å². The standard InChI is InChI=1S/C18H10ClF2N3OS/c19-11-4-6-12(7-5-11)24-14(8-10-2-1-3-13(20)15(10)21)23-17-16(18(24)25)22-9-26-17/h1-7,9H,8H2. The number of aromatic nitrogens is 3. The number of benzene rings is 2. The van der Waals surface area contributed by atoms with Crippen molar-refractivity contribution in [2.45, 2.75) is 6.42 Å². The van der Waals surface area contributed by atoms with E-state index >= 15 is 0 Å². The van der Waals surface area contributed by atoms with Gasteiger partial charge >= 0.3 is 0 Å². The number of rotatable bonds is 3. The molecule has 0 fully saturated rings. The Balaban J connectivity index is 1.95. The summed E-state index contributed by atoms with van der Waals surface area (Å²) in [5.41, 5.74) is 2.02. The van der Waals surface area contributed by atoms with E-state index in [-0.39, 0.29) is 23.1 Å². The van der Waals surface area contributed by atoms with Gasteiger partial charge in [-0.2, -0.15) is 0 Å². The van der Waals surface area contributed by atoms with Gasteiger partial charge in [-0.25, -0.2) is 18.7 Å². The average molecular weight is 390 g/mol. The molecule has 8 heteroatoms. The molecule has 0 spiro atoms. The zero-order valence-corrected chi connectivity index (χ0v) is 14.7. The molecule has 0 saturated carbocycles. The molecule has 0 radical (unpaired) electrons. The van der Waals surface area contributed by atoms with Crippen molar-refractivity contribution in [1.29, 1.82) is 0 Å². The van der Waals surface area contributed by atoms with Crippen LogP contribution < -0.4 is 5.56 Å². The van der Waals surface area contributed by atoms with Gasteiger partial charge in [0.05, 0.1) is 11.2 Å². The lowest BCUT2D eigenvalue weighted by molar-refractivity contribution is 0.499. The first kappa shape index (κ1) is 16.8. The Morgan fingerprint density at radius 2 is 1.88 bits per heavy atom. The van der Waals surface area contributed by atoms with Gasteiger partial charge in [0, 0.05) is 11.4 Å². The van der Waals surface area contributed by atoms with Gasteiger partial charge < -0.3 is 0 Å². The summed E-state index contributed by atoms with van der Waals surface area (Å²) >= 11 is 7.13. The van der Waals surface area contributed by atoms with Crippen LogP contribution in [-0.2, 0) is 6.42 Å².